The molecular weight excluding hydrogens is 719 g/mol. The number of nitro benzene ring substituents is 1. The van der Waals surface area contributed by atoms with Crippen LogP contribution in [0, 0.1) is 24.0 Å². The predicted molar refractivity (Wildman–Crippen MR) is 185 cm³/mol. The molecule has 0 unspecified atom stereocenters. The van der Waals surface area contributed by atoms with Crippen LogP contribution >= 0.6 is 15.9 Å². The largest absolute Gasteiger partial charge is 0.453 e. The van der Waals surface area contributed by atoms with Crippen molar-refractivity contribution in [2.75, 3.05) is 0 Å². The van der Waals surface area contributed by atoms with Gasteiger partial charge in [0, 0.05) is 38.6 Å². The van der Waals surface area contributed by atoms with E-state index in [9.17, 15) is 28.1 Å². The number of alkyl halides is 3. The van der Waals surface area contributed by atoms with E-state index in [1.165, 1.54) is 4.68 Å². The summed E-state index contributed by atoms with van der Waals surface area (Å²) in [5, 5.41) is 17.3. The topological polar surface area (TPSA) is 118 Å². The van der Waals surface area contributed by atoms with Crippen LogP contribution in [0.3, 0.4) is 0 Å². The van der Waals surface area contributed by atoms with Gasteiger partial charge in [0.05, 0.1) is 27.6 Å². The molecule has 0 atom stereocenters. The summed E-state index contributed by atoms with van der Waals surface area (Å²) in [5.41, 5.74) is 1.85. The smallest absolute Gasteiger partial charge is 0.416 e. The average molecular weight is 743 g/mol. The lowest BCUT2D eigenvalue weighted by Gasteiger charge is -2.12. The molecule has 7 aromatic rings. The summed E-state index contributed by atoms with van der Waals surface area (Å²) in [6.45, 7) is 3.77. The zero-order valence-electron chi connectivity index (χ0n) is 26.1. The predicted octanol–water partition coefficient (Wildman–Crippen LogP) is 9.58. The zero-order chi connectivity index (χ0) is 35.3. The second-order valence-electron chi connectivity index (χ2n) is 11.3. The third-order valence-electron chi connectivity index (χ3n) is 8.04. The van der Waals surface area contributed by atoms with Crippen molar-refractivity contribution >= 4 is 49.7 Å². The number of fused-ring (bicyclic) bond motifs is 2. The Labute approximate surface area is 289 Å². The molecule has 0 bridgehead atoms. The molecule has 3 aromatic heterocycles. The van der Waals surface area contributed by atoms with E-state index < -0.39 is 22.4 Å². The Morgan fingerprint density at radius 1 is 0.980 bits per heavy atom. The molecule has 0 aliphatic carbocycles. The molecule has 0 saturated heterocycles. The second kappa shape index (κ2) is 12.5. The zero-order valence-corrected chi connectivity index (χ0v) is 27.7. The summed E-state index contributed by atoms with van der Waals surface area (Å²) >= 11 is 3.47. The van der Waals surface area contributed by atoms with Crippen molar-refractivity contribution in [1.82, 2.24) is 14.2 Å². The van der Waals surface area contributed by atoms with Crippen molar-refractivity contribution in [3.8, 4) is 28.8 Å². The molecule has 0 amide bonds. The molecule has 0 saturated carbocycles. The summed E-state index contributed by atoms with van der Waals surface area (Å²) in [7, 11) is 0. The lowest BCUT2D eigenvalue weighted by atomic mass is 10.2. The molecule has 0 spiro atoms. The van der Waals surface area contributed by atoms with E-state index in [-0.39, 0.29) is 22.9 Å². The number of ether oxygens (including phenoxy) is 1. The van der Waals surface area contributed by atoms with E-state index in [0.717, 1.165) is 33.4 Å². The van der Waals surface area contributed by atoms with E-state index in [0.29, 0.717) is 39.6 Å². The van der Waals surface area contributed by atoms with Gasteiger partial charge in [0.2, 0.25) is 11.6 Å². The Kier molecular flexibility index (Phi) is 8.10. The lowest BCUT2D eigenvalue weighted by molar-refractivity contribution is -0.385. The Hall–Kier alpha value is -6.02. The van der Waals surface area contributed by atoms with Crippen LogP contribution in [0.2, 0.25) is 0 Å². The van der Waals surface area contributed by atoms with Gasteiger partial charge in [-0.05, 0) is 92.7 Å². The van der Waals surface area contributed by atoms with Crippen molar-refractivity contribution in [1.29, 1.82) is 0 Å². The quantitative estimate of drug-likeness (QED) is 0.0912. The summed E-state index contributed by atoms with van der Waals surface area (Å²) in [6, 6.07) is 24.9. The summed E-state index contributed by atoms with van der Waals surface area (Å²) in [4.78, 5) is 29.0. The van der Waals surface area contributed by atoms with Crippen LogP contribution < -0.4 is 10.3 Å². The Morgan fingerprint density at radius 3 is 2.48 bits per heavy atom. The average Bonchev–Trinajstić information content (AvgIpc) is 3.63. The van der Waals surface area contributed by atoms with Gasteiger partial charge in [0.25, 0.3) is 5.56 Å². The number of aryl methyl sites for hydroxylation is 1. The molecule has 0 aliphatic heterocycles. The molecule has 0 fully saturated rings. The van der Waals surface area contributed by atoms with Gasteiger partial charge in [-0.2, -0.15) is 22.9 Å². The SMILES string of the molecule is Cc1cc(C=Nn2c(-c3cc4cc(Br)ccc4o3)nc3ccccc3c2=O)c(C)n1-c1ccc(Oc2ccc(C(F)(F)F)cc2[N+](=O)[O-])cc1. The van der Waals surface area contributed by atoms with E-state index in [4.69, 9.17) is 14.1 Å². The second-order valence-corrected chi connectivity index (χ2v) is 12.2. The minimum atomic E-state index is -4.74. The number of nitro groups is 1. The number of halogens is 4. The van der Waals surface area contributed by atoms with Crippen LogP contribution in [0.4, 0.5) is 18.9 Å². The minimum Gasteiger partial charge on any atom is -0.453 e. The van der Waals surface area contributed by atoms with Gasteiger partial charge in [-0.3, -0.25) is 14.9 Å². The maximum atomic E-state index is 13.7. The van der Waals surface area contributed by atoms with Gasteiger partial charge in [-0.25, -0.2) is 4.98 Å². The third-order valence-corrected chi connectivity index (χ3v) is 8.53. The van der Waals surface area contributed by atoms with Crippen molar-refractivity contribution in [2.45, 2.75) is 20.0 Å². The van der Waals surface area contributed by atoms with Crippen molar-refractivity contribution < 1.29 is 27.2 Å². The van der Waals surface area contributed by atoms with E-state index in [1.54, 1.807) is 60.8 Å². The third kappa shape index (κ3) is 6.05. The van der Waals surface area contributed by atoms with Gasteiger partial charge < -0.3 is 13.7 Å². The molecule has 250 valence electrons. The molecule has 0 N–H and O–H groups in total. The molecule has 14 heteroatoms. The molecule has 4 aromatic carbocycles. The van der Waals surface area contributed by atoms with E-state index in [1.807, 2.05) is 42.7 Å². The van der Waals surface area contributed by atoms with Gasteiger partial charge in [0.15, 0.2) is 5.76 Å². The fourth-order valence-electron chi connectivity index (χ4n) is 5.66. The highest BCUT2D eigenvalue weighted by Gasteiger charge is 2.33. The first kappa shape index (κ1) is 32.5. The normalized spacial score (nSPS) is 12.0. The van der Waals surface area contributed by atoms with Gasteiger partial charge in [-0.1, -0.05) is 28.1 Å². The summed E-state index contributed by atoms with van der Waals surface area (Å²) in [6.07, 6.45) is -3.17. The highest BCUT2D eigenvalue weighted by molar-refractivity contribution is 9.10. The number of nitrogens with zero attached hydrogens (tertiary/aromatic N) is 5. The summed E-state index contributed by atoms with van der Waals surface area (Å²) < 4.78 is 55.1. The fourth-order valence-corrected chi connectivity index (χ4v) is 6.04. The number of hydrogen-bond donors (Lipinski definition) is 0. The number of benzene rings is 4. The standard InChI is InChI=1S/C36H23BrF3N5O5/c1-20-15-23(21(2)43(20)26-9-11-27(12-10-26)49-32-13-7-24(36(38,39)40)18-30(32)45(47)48)19-41-44-34(42-29-6-4-3-5-28(29)35(44)46)33-17-22-16-25(37)8-14-31(22)50-33/h3-19H,1-2H3. The molecule has 10 nitrogen and oxygen atoms in total. The fraction of sp³-hybridized carbons (Fsp3) is 0.0833. The monoisotopic (exact) mass is 741 g/mol. The summed E-state index contributed by atoms with van der Waals surface area (Å²) in [5.74, 6) is 0.466. The molecule has 3 heterocycles. The van der Waals surface area contributed by atoms with Gasteiger partial charge in [0.1, 0.15) is 11.3 Å². The van der Waals surface area contributed by atoms with E-state index in [2.05, 4.69) is 21.0 Å². The number of aromatic nitrogens is 3. The van der Waals surface area contributed by atoms with Crippen LogP contribution in [0.1, 0.15) is 22.5 Å². The Morgan fingerprint density at radius 2 is 1.74 bits per heavy atom. The van der Waals surface area contributed by atoms with E-state index >= 15 is 0 Å². The van der Waals surface area contributed by atoms with Crippen LogP contribution in [0.5, 0.6) is 11.5 Å². The maximum absolute atomic E-state index is 13.7. The Balaban J connectivity index is 1.21. The first-order valence-electron chi connectivity index (χ1n) is 15.0. The van der Waals surface area contributed by atoms with Crippen molar-refractivity contribution in [3.05, 3.63) is 145 Å². The van der Waals surface area contributed by atoms with Crippen molar-refractivity contribution in [2.24, 2.45) is 5.10 Å². The molecule has 0 radical (unpaired) electrons. The van der Waals surface area contributed by atoms with Crippen molar-refractivity contribution in [3.63, 3.8) is 0 Å². The minimum absolute atomic E-state index is 0.189. The van der Waals surface area contributed by atoms with Crippen LogP contribution in [0.25, 0.3) is 39.1 Å². The molecule has 0 aliphatic rings. The maximum Gasteiger partial charge on any atom is 0.416 e. The highest BCUT2D eigenvalue weighted by Crippen LogP contribution is 2.38. The van der Waals surface area contributed by atoms with Gasteiger partial charge >= 0.3 is 11.9 Å². The van der Waals surface area contributed by atoms with Crippen LogP contribution in [-0.2, 0) is 6.18 Å². The number of hydrogen-bond acceptors (Lipinski definition) is 7. The first-order chi connectivity index (χ1) is 23.9. The Bertz CT molecular complexity index is 2550. The number of para-hydroxylation sites is 1. The molecule has 7 rings (SSSR count). The van der Waals surface area contributed by atoms with Gasteiger partial charge in [-0.15, -0.1) is 0 Å². The molecular formula is C36H23BrF3N5O5. The molecule has 50 heavy (non-hydrogen) atoms. The highest BCUT2D eigenvalue weighted by atomic mass is 79.9. The lowest BCUT2D eigenvalue weighted by Crippen LogP contribution is -2.20. The number of furan rings is 1. The first-order valence-corrected chi connectivity index (χ1v) is 15.7. The van der Waals surface area contributed by atoms with Crippen LogP contribution in [-0.4, -0.2) is 25.4 Å². The van der Waals surface area contributed by atoms with Crippen LogP contribution in [0.15, 0.2) is 116 Å². The number of rotatable bonds is 7.